The quantitative estimate of drug-likeness (QED) is 0.606. The average Bonchev–Trinajstić information content (AvgIpc) is 2.38. The number of nitrogens with one attached hydrogen (secondary N) is 1. The molecule has 0 spiro atoms. The third-order valence-electron chi connectivity index (χ3n) is 2.77. The zero-order chi connectivity index (χ0) is 14.4. The Kier molecular flexibility index (Phi) is 5.91. The molecule has 0 heterocycles. The van der Waals surface area contributed by atoms with Crippen molar-refractivity contribution < 1.29 is 13.9 Å². The van der Waals surface area contributed by atoms with Crippen molar-refractivity contribution in [2.75, 3.05) is 19.9 Å². The van der Waals surface area contributed by atoms with Crippen LogP contribution in [-0.2, 0) is 17.3 Å². The maximum Gasteiger partial charge on any atom is 0.311 e. The minimum atomic E-state index is -0.876. The Morgan fingerprint density at radius 2 is 2.21 bits per heavy atom. The van der Waals surface area contributed by atoms with E-state index in [1.54, 1.807) is 18.4 Å². The van der Waals surface area contributed by atoms with Gasteiger partial charge in [-0.2, -0.15) is 0 Å². The number of nitro benzene ring substituents is 1. The van der Waals surface area contributed by atoms with E-state index in [1.807, 2.05) is 6.92 Å². The number of hydrogen-bond acceptors (Lipinski definition) is 5. The predicted molar refractivity (Wildman–Crippen MR) is 74.9 cm³/mol. The summed E-state index contributed by atoms with van der Waals surface area (Å²) in [5.41, 5.74) is 0.746. The average molecular weight is 286 g/mol. The Bertz CT molecular complexity index is 479. The smallest absolute Gasteiger partial charge is 0.311 e. The molecule has 19 heavy (non-hydrogen) atoms. The molecular weight excluding hydrogens is 268 g/mol. The standard InChI is InChI=1S/C12H18N2O4S/c1-9(19(3)17)7-13-8-10-4-5-12(18-2)11(6-10)14(15)16/h4-6,9,13H,7-8H2,1-3H3. The van der Waals surface area contributed by atoms with E-state index >= 15 is 0 Å². The molecule has 0 aromatic heterocycles. The summed E-state index contributed by atoms with van der Waals surface area (Å²) in [7, 11) is 0.526. The van der Waals surface area contributed by atoms with Crippen LogP contribution in [0.15, 0.2) is 18.2 Å². The highest BCUT2D eigenvalue weighted by Gasteiger charge is 2.15. The van der Waals surface area contributed by atoms with E-state index in [-0.39, 0.29) is 16.7 Å². The van der Waals surface area contributed by atoms with E-state index in [1.165, 1.54) is 13.2 Å². The van der Waals surface area contributed by atoms with Crippen molar-refractivity contribution in [3.05, 3.63) is 33.9 Å². The highest BCUT2D eigenvalue weighted by molar-refractivity contribution is 7.84. The molecule has 0 aliphatic carbocycles. The first kappa shape index (κ1) is 15.6. The third kappa shape index (κ3) is 4.60. The zero-order valence-corrected chi connectivity index (χ0v) is 12.0. The van der Waals surface area contributed by atoms with Gasteiger partial charge < -0.3 is 10.1 Å². The highest BCUT2D eigenvalue weighted by atomic mass is 32.2. The van der Waals surface area contributed by atoms with Crippen molar-refractivity contribution in [1.29, 1.82) is 0 Å². The van der Waals surface area contributed by atoms with Gasteiger partial charge in [-0.1, -0.05) is 6.07 Å². The van der Waals surface area contributed by atoms with Gasteiger partial charge in [0, 0.05) is 41.5 Å². The van der Waals surface area contributed by atoms with Crippen LogP contribution in [0.3, 0.4) is 0 Å². The summed E-state index contributed by atoms with van der Waals surface area (Å²) in [5.74, 6) is 0.247. The number of hydrogen-bond donors (Lipinski definition) is 1. The van der Waals surface area contributed by atoms with E-state index in [2.05, 4.69) is 5.32 Å². The van der Waals surface area contributed by atoms with Gasteiger partial charge in [0.25, 0.3) is 0 Å². The molecule has 2 unspecified atom stereocenters. The summed E-state index contributed by atoms with van der Waals surface area (Å²) in [6, 6.07) is 4.84. The van der Waals surface area contributed by atoms with Crippen LogP contribution in [0, 0.1) is 10.1 Å². The van der Waals surface area contributed by atoms with Crippen LogP contribution in [0.25, 0.3) is 0 Å². The molecule has 0 amide bonds. The van der Waals surface area contributed by atoms with Gasteiger partial charge in [0.2, 0.25) is 0 Å². The summed E-state index contributed by atoms with van der Waals surface area (Å²) in [5, 5.41) is 14.0. The van der Waals surface area contributed by atoms with Crippen molar-refractivity contribution in [2.24, 2.45) is 0 Å². The second-order valence-corrected chi connectivity index (χ2v) is 6.01. The number of benzene rings is 1. The molecule has 1 rings (SSSR count). The molecule has 0 aliphatic rings. The minimum absolute atomic E-state index is 0.0473. The van der Waals surface area contributed by atoms with Gasteiger partial charge in [-0.05, 0) is 18.6 Å². The van der Waals surface area contributed by atoms with Crippen molar-refractivity contribution in [3.8, 4) is 5.75 Å². The Morgan fingerprint density at radius 1 is 1.53 bits per heavy atom. The predicted octanol–water partition coefficient (Wildman–Crippen LogP) is 1.46. The minimum Gasteiger partial charge on any atom is -0.490 e. The van der Waals surface area contributed by atoms with Gasteiger partial charge in [0.05, 0.1) is 12.0 Å². The molecule has 1 N–H and O–H groups in total. The maximum atomic E-state index is 11.2. The number of nitrogens with zero attached hydrogens (tertiary/aromatic N) is 1. The van der Waals surface area contributed by atoms with Gasteiger partial charge in [-0.25, -0.2) is 0 Å². The lowest BCUT2D eigenvalue weighted by molar-refractivity contribution is -0.385. The first-order valence-corrected chi connectivity index (χ1v) is 7.42. The molecule has 0 aliphatic heterocycles. The lowest BCUT2D eigenvalue weighted by Gasteiger charge is -2.10. The van der Waals surface area contributed by atoms with Crippen LogP contribution in [-0.4, -0.2) is 34.3 Å². The lowest BCUT2D eigenvalue weighted by Crippen LogP contribution is -2.27. The third-order valence-corrected chi connectivity index (χ3v) is 4.07. The largest absolute Gasteiger partial charge is 0.490 e. The fourth-order valence-electron chi connectivity index (χ4n) is 1.53. The van der Waals surface area contributed by atoms with Crippen LogP contribution < -0.4 is 10.1 Å². The van der Waals surface area contributed by atoms with Gasteiger partial charge in [0.1, 0.15) is 0 Å². The monoisotopic (exact) mass is 286 g/mol. The molecule has 7 heteroatoms. The first-order chi connectivity index (χ1) is 8.95. The number of methoxy groups -OCH3 is 1. The van der Waals surface area contributed by atoms with E-state index in [4.69, 9.17) is 4.74 Å². The summed E-state index contributed by atoms with van der Waals surface area (Å²) < 4.78 is 16.1. The Hall–Kier alpha value is -1.47. The zero-order valence-electron chi connectivity index (χ0n) is 11.2. The molecule has 0 fully saturated rings. The van der Waals surface area contributed by atoms with Crippen LogP contribution in [0.1, 0.15) is 12.5 Å². The Balaban J connectivity index is 2.67. The maximum absolute atomic E-state index is 11.2. The molecular formula is C12H18N2O4S. The van der Waals surface area contributed by atoms with Crippen LogP contribution in [0.4, 0.5) is 5.69 Å². The van der Waals surface area contributed by atoms with Crippen LogP contribution in [0.2, 0.25) is 0 Å². The molecule has 0 bridgehead atoms. The molecule has 106 valence electrons. The molecule has 6 nitrogen and oxygen atoms in total. The van der Waals surface area contributed by atoms with Crippen LogP contribution in [0.5, 0.6) is 5.75 Å². The van der Waals surface area contributed by atoms with E-state index in [9.17, 15) is 14.3 Å². The fourth-order valence-corrected chi connectivity index (χ4v) is 1.88. The topological polar surface area (TPSA) is 81.5 Å². The second kappa shape index (κ2) is 7.20. The van der Waals surface area contributed by atoms with E-state index < -0.39 is 15.7 Å². The first-order valence-electron chi connectivity index (χ1n) is 5.80. The SMILES string of the molecule is COc1ccc(CNCC(C)S(C)=O)cc1[N+](=O)[O-]. The molecule has 0 saturated carbocycles. The second-order valence-electron chi connectivity index (χ2n) is 4.20. The summed E-state index contributed by atoms with van der Waals surface area (Å²) >= 11 is 0. The van der Waals surface area contributed by atoms with Crippen molar-refractivity contribution in [1.82, 2.24) is 5.32 Å². The number of nitro groups is 1. The van der Waals surface area contributed by atoms with Crippen molar-refractivity contribution in [3.63, 3.8) is 0 Å². The summed E-state index contributed by atoms with van der Waals surface area (Å²) in [6.07, 6.45) is 1.66. The Morgan fingerprint density at radius 3 is 2.74 bits per heavy atom. The van der Waals surface area contributed by atoms with Crippen molar-refractivity contribution >= 4 is 16.5 Å². The van der Waals surface area contributed by atoms with Gasteiger partial charge >= 0.3 is 5.69 Å². The van der Waals surface area contributed by atoms with Gasteiger partial charge in [0.15, 0.2) is 5.75 Å². The summed E-state index contributed by atoms with van der Waals surface area (Å²) in [4.78, 5) is 10.4. The summed E-state index contributed by atoms with van der Waals surface area (Å²) in [6.45, 7) is 2.98. The Labute approximate surface area is 114 Å². The molecule has 1 aromatic carbocycles. The van der Waals surface area contributed by atoms with Crippen molar-refractivity contribution in [2.45, 2.75) is 18.7 Å². The normalized spacial score (nSPS) is 13.8. The molecule has 2 atom stereocenters. The van der Waals surface area contributed by atoms with Gasteiger partial charge in [-0.15, -0.1) is 0 Å². The molecule has 0 radical (unpaired) electrons. The van der Waals surface area contributed by atoms with Gasteiger partial charge in [-0.3, -0.25) is 14.3 Å². The number of rotatable bonds is 7. The number of ether oxygens (including phenoxy) is 1. The van der Waals surface area contributed by atoms with E-state index in [0.29, 0.717) is 13.1 Å². The molecule has 1 aromatic rings. The lowest BCUT2D eigenvalue weighted by atomic mass is 10.2. The fraction of sp³-hybridized carbons (Fsp3) is 0.500. The van der Waals surface area contributed by atoms with E-state index in [0.717, 1.165) is 5.56 Å². The highest BCUT2D eigenvalue weighted by Crippen LogP contribution is 2.27. The molecule has 0 saturated heterocycles. The van der Waals surface area contributed by atoms with Crippen LogP contribution >= 0.6 is 0 Å².